The fourth-order valence-electron chi connectivity index (χ4n) is 2.22. The van der Waals surface area contributed by atoms with Crippen molar-refractivity contribution in [3.63, 3.8) is 0 Å². The van der Waals surface area contributed by atoms with Crippen molar-refractivity contribution in [2.45, 2.75) is 25.4 Å². The number of hydrogen-bond acceptors (Lipinski definition) is 3. The Hall–Kier alpha value is -1.82. The predicted octanol–water partition coefficient (Wildman–Crippen LogP) is 1.50. The first-order valence-electron chi connectivity index (χ1n) is 5.78. The minimum Gasteiger partial charge on any atom is -0.326 e. The third-order valence-corrected chi connectivity index (χ3v) is 3.15. The molecule has 0 saturated carbocycles. The Balaban J connectivity index is 2.12. The molecular formula is C12H12F2N4. The van der Waals surface area contributed by atoms with Gasteiger partial charge in [0.2, 0.25) is 0 Å². The van der Waals surface area contributed by atoms with Crippen LogP contribution in [0.25, 0.3) is 11.4 Å². The van der Waals surface area contributed by atoms with E-state index in [9.17, 15) is 8.78 Å². The van der Waals surface area contributed by atoms with Gasteiger partial charge in [0.15, 0.2) is 5.82 Å². The van der Waals surface area contributed by atoms with E-state index in [1.807, 2.05) is 0 Å². The topological polar surface area (TPSA) is 56.7 Å². The number of hydrogen-bond donors (Lipinski definition) is 1. The molecule has 18 heavy (non-hydrogen) atoms. The van der Waals surface area contributed by atoms with Crippen LogP contribution in [-0.2, 0) is 13.0 Å². The largest absolute Gasteiger partial charge is 0.326 e. The van der Waals surface area contributed by atoms with Gasteiger partial charge in [0.05, 0.1) is 5.56 Å². The standard InChI is InChI=1S/C12H12F2N4/c13-7-1-3-10(14)9(5-7)12-17-16-11-4-2-8(15)6-18(11)12/h1,3,5,8H,2,4,6,15H2. The van der Waals surface area contributed by atoms with Gasteiger partial charge < -0.3 is 10.3 Å². The normalized spacial score (nSPS) is 18.7. The van der Waals surface area contributed by atoms with E-state index in [0.29, 0.717) is 18.8 Å². The van der Waals surface area contributed by atoms with Gasteiger partial charge in [-0.15, -0.1) is 10.2 Å². The highest BCUT2D eigenvalue weighted by atomic mass is 19.1. The van der Waals surface area contributed by atoms with Gasteiger partial charge in [0.1, 0.15) is 17.5 Å². The number of halogens is 2. The van der Waals surface area contributed by atoms with E-state index >= 15 is 0 Å². The van der Waals surface area contributed by atoms with Crippen LogP contribution >= 0.6 is 0 Å². The molecule has 0 fully saturated rings. The smallest absolute Gasteiger partial charge is 0.167 e. The van der Waals surface area contributed by atoms with Gasteiger partial charge in [-0.25, -0.2) is 8.78 Å². The molecule has 0 amide bonds. The second-order valence-electron chi connectivity index (χ2n) is 4.47. The molecule has 0 bridgehead atoms. The Morgan fingerprint density at radius 1 is 1.28 bits per heavy atom. The Bertz CT molecular complexity index is 594. The minimum absolute atomic E-state index is 0.00358. The number of fused-ring (bicyclic) bond motifs is 1. The first-order chi connectivity index (χ1) is 8.65. The highest BCUT2D eigenvalue weighted by Crippen LogP contribution is 2.25. The molecule has 1 aliphatic heterocycles. The molecule has 3 rings (SSSR count). The van der Waals surface area contributed by atoms with Crippen LogP contribution in [0.1, 0.15) is 12.2 Å². The molecule has 1 aromatic carbocycles. The number of nitrogens with zero attached hydrogens (tertiary/aromatic N) is 3. The molecule has 0 aliphatic carbocycles. The molecule has 6 heteroatoms. The zero-order valence-corrected chi connectivity index (χ0v) is 9.61. The molecule has 2 aromatic rings. The average Bonchev–Trinajstić information content (AvgIpc) is 2.75. The van der Waals surface area contributed by atoms with E-state index < -0.39 is 11.6 Å². The predicted molar refractivity (Wildman–Crippen MR) is 61.7 cm³/mol. The highest BCUT2D eigenvalue weighted by molar-refractivity contribution is 5.56. The van der Waals surface area contributed by atoms with E-state index in [4.69, 9.17) is 5.73 Å². The molecule has 0 saturated heterocycles. The molecule has 1 aliphatic rings. The van der Waals surface area contributed by atoms with E-state index in [0.717, 1.165) is 30.4 Å². The van der Waals surface area contributed by atoms with Crippen molar-refractivity contribution in [2.75, 3.05) is 0 Å². The van der Waals surface area contributed by atoms with Crippen molar-refractivity contribution in [3.05, 3.63) is 35.7 Å². The Morgan fingerprint density at radius 3 is 2.94 bits per heavy atom. The Morgan fingerprint density at radius 2 is 2.11 bits per heavy atom. The first-order valence-corrected chi connectivity index (χ1v) is 5.78. The number of aryl methyl sites for hydroxylation is 1. The van der Waals surface area contributed by atoms with Crippen LogP contribution in [0.3, 0.4) is 0 Å². The summed E-state index contributed by atoms with van der Waals surface area (Å²) in [5.41, 5.74) is 6.01. The summed E-state index contributed by atoms with van der Waals surface area (Å²) >= 11 is 0. The van der Waals surface area contributed by atoms with Gasteiger partial charge >= 0.3 is 0 Å². The van der Waals surface area contributed by atoms with Crippen LogP contribution in [-0.4, -0.2) is 20.8 Å². The summed E-state index contributed by atoms with van der Waals surface area (Å²) in [6, 6.07) is 3.31. The maximum Gasteiger partial charge on any atom is 0.167 e. The molecule has 1 atom stereocenters. The van der Waals surface area contributed by atoms with Crippen LogP contribution in [0.2, 0.25) is 0 Å². The third-order valence-electron chi connectivity index (χ3n) is 3.15. The summed E-state index contributed by atoms with van der Waals surface area (Å²) in [4.78, 5) is 0. The molecular weight excluding hydrogens is 238 g/mol. The van der Waals surface area contributed by atoms with Gasteiger partial charge in [0, 0.05) is 19.0 Å². The maximum absolute atomic E-state index is 13.7. The average molecular weight is 250 g/mol. The van der Waals surface area contributed by atoms with Crippen molar-refractivity contribution in [1.29, 1.82) is 0 Å². The van der Waals surface area contributed by atoms with Crippen molar-refractivity contribution in [2.24, 2.45) is 5.73 Å². The molecule has 1 unspecified atom stereocenters. The molecule has 1 aromatic heterocycles. The van der Waals surface area contributed by atoms with Crippen molar-refractivity contribution >= 4 is 0 Å². The van der Waals surface area contributed by atoms with Crippen LogP contribution < -0.4 is 5.73 Å². The number of rotatable bonds is 1. The highest BCUT2D eigenvalue weighted by Gasteiger charge is 2.22. The second kappa shape index (κ2) is 4.13. The number of benzene rings is 1. The maximum atomic E-state index is 13.7. The van der Waals surface area contributed by atoms with Crippen molar-refractivity contribution in [3.8, 4) is 11.4 Å². The van der Waals surface area contributed by atoms with E-state index in [2.05, 4.69) is 10.2 Å². The van der Waals surface area contributed by atoms with Gasteiger partial charge in [-0.3, -0.25) is 0 Å². The second-order valence-corrected chi connectivity index (χ2v) is 4.47. The lowest BCUT2D eigenvalue weighted by molar-refractivity contribution is 0.455. The van der Waals surface area contributed by atoms with Gasteiger partial charge in [-0.1, -0.05) is 0 Å². The van der Waals surface area contributed by atoms with Crippen LogP contribution in [0.5, 0.6) is 0 Å². The summed E-state index contributed by atoms with van der Waals surface area (Å²) < 4.78 is 28.7. The van der Waals surface area contributed by atoms with Gasteiger partial charge in [-0.05, 0) is 24.6 Å². The lowest BCUT2D eigenvalue weighted by Crippen LogP contribution is -2.32. The zero-order valence-electron chi connectivity index (χ0n) is 9.61. The zero-order chi connectivity index (χ0) is 12.7. The number of nitrogens with two attached hydrogens (primary N) is 1. The van der Waals surface area contributed by atoms with Crippen molar-refractivity contribution < 1.29 is 8.78 Å². The summed E-state index contributed by atoms with van der Waals surface area (Å²) in [6.45, 7) is 0.535. The summed E-state index contributed by atoms with van der Waals surface area (Å²) in [5, 5.41) is 7.96. The summed E-state index contributed by atoms with van der Waals surface area (Å²) in [5.74, 6) is 0.113. The molecule has 94 valence electrons. The number of aromatic nitrogens is 3. The Labute approximate surface area is 102 Å². The van der Waals surface area contributed by atoms with Crippen molar-refractivity contribution in [1.82, 2.24) is 14.8 Å². The third kappa shape index (κ3) is 1.78. The molecule has 0 spiro atoms. The van der Waals surface area contributed by atoms with Gasteiger partial charge in [0.25, 0.3) is 0 Å². The fraction of sp³-hybridized carbons (Fsp3) is 0.333. The molecule has 2 N–H and O–H groups in total. The lowest BCUT2D eigenvalue weighted by Gasteiger charge is -2.20. The minimum atomic E-state index is -0.509. The monoisotopic (exact) mass is 250 g/mol. The Kier molecular flexibility index (Phi) is 2.59. The fourth-order valence-corrected chi connectivity index (χ4v) is 2.22. The summed E-state index contributed by atoms with van der Waals surface area (Å²) in [6.07, 6.45) is 1.55. The lowest BCUT2D eigenvalue weighted by atomic mass is 10.1. The first kappa shape index (κ1) is 11.3. The SMILES string of the molecule is NC1CCc2nnc(-c3cc(F)ccc3F)n2C1. The summed E-state index contributed by atoms with van der Waals surface area (Å²) in [7, 11) is 0. The quantitative estimate of drug-likeness (QED) is 0.834. The van der Waals surface area contributed by atoms with Crippen LogP contribution in [0.15, 0.2) is 18.2 Å². The van der Waals surface area contributed by atoms with E-state index in [-0.39, 0.29) is 11.6 Å². The van der Waals surface area contributed by atoms with Crippen LogP contribution in [0, 0.1) is 11.6 Å². The van der Waals surface area contributed by atoms with Gasteiger partial charge in [-0.2, -0.15) is 0 Å². The molecule has 2 heterocycles. The molecule has 0 radical (unpaired) electrons. The van der Waals surface area contributed by atoms with E-state index in [1.165, 1.54) is 0 Å². The van der Waals surface area contributed by atoms with E-state index in [1.54, 1.807) is 4.57 Å². The van der Waals surface area contributed by atoms with Crippen LogP contribution in [0.4, 0.5) is 8.78 Å². The molecule has 4 nitrogen and oxygen atoms in total.